The van der Waals surface area contributed by atoms with Crippen molar-refractivity contribution in [3.63, 3.8) is 0 Å². The van der Waals surface area contributed by atoms with E-state index < -0.39 is 36.9 Å². The summed E-state index contributed by atoms with van der Waals surface area (Å²) in [5.41, 5.74) is 0. The van der Waals surface area contributed by atoms with Crippen LogP contribution in [-0.2, 0) is 20.5 Å². The van der Waals surface area contributed by atoms with Crippen molar-refractivity contribution in [1.29, 1.82) is 0 Å². The summed E-state index contributed by atoms with van der Waals surface area (Å²) in [7, 11) is -9.68. The van der Waals surface area contributed by atoms with Gasteiger partial charge in [0.25, 0.3) is 0 Å². The van der Waals surface area contributed by atoms with Crippen molar-refractivity contribution in [2.45, 2.75) is 4.90 Å². The fourth-order valence-corrected chi connectivity index (χ4v) is 2.73. The van der Waals surface area contributed by atoms with E-state index in [2.05, 4.69) is 4.18 Å². The summed E-state index contributed by atoms with van der Waals surface area (Å²) in [4.78, 5) is -0.606. The van der Waals surface area contributed by atoms with E-state index in [4.69, 9.17) is 4.55 Å². The molecule has 0 aromatic heterocycles. The zero-order valence-electron chi connectivity index (χ0n) is 11.5. The molecule has 0 fully saturated rings. The van der Waals surface area contributed by atoms with Crippen molar-refractivity contribution < 1.29 is 94.3 Å². The zero-order chi connectivity index (χ0) is 15.1. The predicted molar refractivity (Wildman–Crippen MR) is 63.5 cm³/mol. The fraction of sp³-hybridized carbons (Fsp3) is 0. The maximum Gasteiger partial charge on any atom is 1.00 e. The number of benzene rings is 2. The summed E-state index contributed by atoms with van der Waals surface area (Å²) >= 11 is 0. The van der Waals surface area contributed by atoms with Gasteiger partial charge in [0.05, 0.1) is 4.90 Å². The topological polar surface area (TPSA) is 144 Å². The van der Waals surface area contributed by atoms with Gasteiger partial charge in [-0.25, -0.2) is 8.42 Å². The van der Waals surface area contributed by atoms with Crippen LogP contribution in [0.4, 0.5) is 0 Å². The molecule has 0 saturated heterocycles. The van der Waals surface area contributed by atoms with Crippen LogP contribution >= 0.6 is 0 Å². The molecule has 0 amide bonds. The summed E-state index contributed by atoms with van der Waals surface area (Å²) in [6.45, 7) is 0. The van der Waals surface area contributed by atoms with E-state index in [0.29, 0.717) is 0 Å². The predicted octanol–water partition coefficient (Wildman–Crippen LogP) is -5.99. The Hall–Kier alpha value is 0.120. The molecule has 0 aliphatic carbocycles. The molecule has 0 unspecified atom stereocenters. The van der Waals surface area contributed by atoms with Crippen LogP contribution in [0, 0.1) is 0 Å². The zero-order valence-corrected chi connectivity index (χ0v) is 17.1. The third-order valence-corrected chi connectivity index (χ3v) is 3.69. The van der Waals surface area contributed by atoms with Gasteiger partial charge in [-0.05, 0) is 29.0 Å². The minimum absolute atomic E-state index is 0. The molecule has 0 spiro atoms. The largest absolute Gasteiger partial charge is 1.00 e. The molecular weight excluding hydrogens is 358 g/mol. The monoisotopic (exact) mass is 364 g/mol. The van der Waals surface area contributed by atoms with Crippen LogP contribution in [0.3, 0.4) is 0 Å². The standard InChI is InChI=1S/C10H8O8S2.2Na/c11-10-7-2-1-3-9(19(12,13)14)6(7)4-5-8(10)18-20(15,16)17;;/h1-5,11H,(H,12,13,14)(H,15,16,17);;/q;2*+1/p-2. The average molecular weight is 364 g/mol. The molecule has 0 saturated carbocycles. The normalized spacial score (nSPS) is 11.4. The molecule has 0 radical (unpaired) electrons. The van der Waals surface area contributed by atoms with Crippen LogP contribution in [0.2, 0.25) is 0 Å². The van der Waals surface area contributed by atoms with Gasteiger partial charge in [-0.2, -0.15) is 8.42 Å². The van der Waals surface area contributed by atoms with Crippen molar-refractivity contribution >= 4 is 31.3 Å². The van der Waals surface area contributed by atoms with Crippen molar-refractivity contribution in [2.75, 3.05) is 0 Å². The van der Waals surface area contributed by atoms with Gasteiger partial charge < -0.3 is 13.8 Å². The molecule has 0 bridgehead atoms. The first-order valence-corrected chi connectivity index (χ1v) is 7.72. The molecule has 108 valence electrons. The molecule has 1 N–H and O–H groups in total. The Morgan fingerprint density at radius 2 is 1.55 bits per heavy atom. The minimum Gasteiger partial charge on any atom is -0.870 e. The molecule has 0 aliphatic rings. The van der Waals surface area contributed by atoms with E-state index in [1.807, 2.05) is 0 Å². The third-order valence-electron chi connectivity index (χ3n) is 2.40. The van der Waals surface area contributed by atoms with Crippen molar-refractivity contribution in [2.24, 2.45) is 0 Å². The molecule has 12 heteroatoms. The van der Waals surface area contributed by atoms with Crippen LogP contribution in [0.25, 0.3) is 10.8 Å². The van der Waals surface area contributed by atoms with Gasteiger partial charge in [0.2, 0.25) is 0 Å². The summed E-state index contributed by atoms with van der Waals surface area (Å²) in [6.07, 6.45) is 0. The first kappa shape index (κ1) is 22.1. The quantitative estimate of drug-likeness (QED) is 0.419. The van der Waals surface area contributed by atoms with E-state index in [1.54, 1.807) is 0 Å². The maximum atomic E-state index is 11.9. The Balaban J connectivity index is 0.00000220. The summed E-state index contributed by atoms with van der Waals surface area (Å²) < 4.78 is 66.8. The summed E-state index contributed by atoms with van der Waals surface area (Å²) in [5.74, 6) is -1.67. The second-order valence-electron chi connectivity index (χ2n) is 3.71. The van der Waals surface area contributed by atoms with Gasteiger partial charge in [-0.1, -0.05) is 17.9 Å². The van der Waals surface area contributed by atoms with Crippen LogP contribution in [-0.4, -0.2) is 25.9 Å². The van der Waals surface area contributed by atoms with E-state index in [1.165, 1.54) is 6.07 Å². The SMILES string of the molecule is O=S(=O)(O)Oc1ccc2c(S(=O)(=O)[O-])cccc2c1[O-].[Na+].[Na+]. The molecular formula is C10H6Na2O8S2. The van der Waals surface area contributed by atoms with E-state index in [9.17, 15) is 26.5 Å². The molecule has 0 heterocycles. The molecule has 2 aromatic carbocycles. The minimum atomic E-state index is -4.89. The van der Waals surface area contributed by atoms with Crippen LogP contribution in [0.5, 0.6) is 11.5 Å². The van der Waals surface area contributed by atoms with Gasteiger partial charge in [0.1, 0.15) is 15.9 Å². The number of hydrogen-bond acceptors (Lipinski definition) is 7. The van der Waals surface area contributed by atoms with Gasteiger partial charge in [0, 0.05) is 0 Å². The maximum absolute atomic E-state index is 11.9. The molecule has 2 aromatic rings. The number of rotatable bonds is 3. The molecule has 22 heavy (non-hydrogen) atoms. The second-order valence-corrected chi connectivity index (χ2v) is 6.08. The smallest absolute Gasteiger partial charge is 0.870 e. The molecule has 8 nitrogen and oxygen atoms in total. The van der Waals surface area contributed by atoms with Crippen LogP contribution in [0.1, 0.15) is 0 Å². The summed E-state index contributed by atoms with van der Waals surface area (Å²) in [5, 5.41) is 11.5. The van der Waals surface area contributed by atoms with Crippen molar-refractivity contribution in [3.8, 4) is 11.5 Å². The van der Waals surface area contributed by atoms with Gasteiger partial charge >= 0.3 is 69.5 Å². The van der Waals surface area contributed by atoms with Crippen molar-refractivity contribution in [3.05, 3.63) is 30.3 Å². The van der Waals surface area contributed by atoms with E-state index in [0.717, 1.165) is 24.3 Å². The van der Waals surface area contributed by atoms with Gasteiger partial charge in [-0.3, -0.25) is 4.55 Å². The fourth-order valence-electron chi connectivity index (χ4n) is 1.68. The van der Waals surface area contributed by atoms with E-state index >= 15 is 0 Å². The second kappa shape index (κ2) is 7.79. The first-order valence-electron chi connectivity index (χ1n) is 4.95. The van der Waals surface area contributed by atoms with Crippen LogP contribution in [0.15, 0.2) is 35.2 Å². The molecule has 0 aliphatic heterocycles. The molecule has 0 atom stereocenters. The average Bonchev–Trinajstić information content (AvgIpc) is 2.29. The number of fused-ring (bicyclic) bond motifs is 1. The molecule has 2 rings (SSSR count). The van der Waals surface area contributed by atoms with E-state index in [-0.39, 0.29) is 69.9 Å². The Morgan fingerprint density at radius 1 is 0.955 bits per heavy atom. The first-order chi connectivity index (χ1) is 9.09. The third kappa shape index (κ3) is 5.06. The van der Waals surface area contributed by atoms with Crippen LogP contribution < -0.4 is 68.4 Å². The number of hydrogen-bond donors (Lipinski definition) is 1. The Bertz CT molecular complexity index is 893. The Labute approximate surface area is 170 Å². The Morgan fingerprint density at radius 3 is 2.05 bits per heavy atom. The van der Waals surface area contributed by atoms with Gasteiger partial charge in [-0.15, -0.1) is 0 Å². The van der Waals surface area contributed by atoms with Crippen molar-refractivity contribution in [1.82, 2.24) is 0 Å². The Kier molecular flexibility index (Phi) is 7.84. The summed E-state index contributed by atoms with van der Waals surface area (Å²) in [6, 6.07) is 5.28. The van der Waals surface area contributed by atoms with Gasteiger partial charge in [0.15, 0.2) is 0 Å².